The van der Waals surface area contributed by atoms with Gasteiger partial charge in [0.2, 0.25) is 0 Å². The Morgan fingerprint density at radius 2 is 1.55 bits per heavy atom. The van der Waals surface area contributed by atoms with Crippen LogP contribution in [0.5, 0.6) is 0 Å². The monoisotopic (exact) mass is 158 g/mol. The third-order valence-electron chi connectivity index (χ3n) is 1.77. The van der Waals surface area contributed by atoms with Crippen molar-refractivity contribution in [1.82, 2.24) is 0 Å². The Morgan fingerprint density at radius 3 is 1.82 bits per heavy atom. The van der Waals surface area contributed by atoms with Crippen molar-refractivity contribution in [2.75, 3.05) is 13.2 Å². The minimum atomic E-state index is -0.00463. The summed E-state index contributed by atoms with van der Waals surface area (Å²) in [6.45, 7) is 9.75. The van der Waals surface area contributed by atoms with Gasteiger partial charge in [-0.25, -0.2) is 0 Å². The molecule has 0 aromatic heterocycles. The predicted molar refractivity (Wildman–Crippen MR) is 48.7 cm³/mol. The highest BCUT2D eigenvalue weighted by Gasteiger charge is 2.23. The summed E-state index contributed by atoms with van der Waals surface area (Å²) in [5.41, 5.74) is 0. The average Bonchev–Trinajstić information content (AvgIpc) is 2.03. The summed E-state index contributed by atoms with van der Waals surface area (Å²) in [4.78, 5) is 0. The maximum Gasteiger partial charge on any atom is 0.459 e. The predicted octanol–water partition coefficient (Wildman–Crippen LogP) is 2.35. The van der Waals surface area contributed by atoms with E-state index < -0.39 is 0 Å². The van der Waals surface area contributed by atoms with Gasteiger partial charge in [-0.15, -0.1) is 0 Å². The molecule has 0 aliphatic rings. The van der Waals surface area contributed by atoms with Crippen LogP contribution in [0.3, 0.4) is 0 Å². The van der Waals surface area contributed by atoms with Gasteiger partial charge in [-0.2, -0.15) is 0 Å². The van der Waals surface area contributed by atoms with Gasteiger partial charge in [0, 0.05) is 13.2 Å². The zero-order chi connectivity index (χ0) is 8.69. The van der Waals surface area contributed by atoms with Gasteiger partial charge in [-0.05, 0) is 19.7 Å². The molecule has 0 aliphatic carbocycles. The largest absolute Gasteiger partial charge is 0.459 e. The first-order valence-electron chi connectivity index (χ1n) is 4.49. The van der Waals surface area contributed by atoms with Crippen LogP contribution in [0.4, 0.5) is 0 Å². The summed E-state index contributed by atoms with van der Waals surface area (Å²) in [5.74, 6) is 0.495. The van der Waals surface area contributed by atoms with E-state index in [1.807, 2.05) is 13.8 Å². The molecule has 0 fully saturated rings. The van der Waals surface area contributed by atoms with Gasteiger partial charge >= 0.3 is 7.12 Å². The molecular formula is C8H19BO2. The molecule has 0 rings (SSSR count). The summed E-state index contributed by atoms with van der Waals surface area (Å²) in [6, 6.07) is 0. The first kappa shape index (κ1) is 11.0. The van der Waals surface area contributed by atoms with Gasteiger partial charge in [-0.3, -0.25) is 0 Å². The van der Waals surface area contributed by atoms with E-state index in [2.05, 4.69) is 13.8 Å². The summed E-state index contributed by atoms with van der Waals surface area (Å²) in [6.07, 6.45) is 1.10. The van der Waals surface area contributed by atoms with Crippen LogP contribution in [0.1, 0.15) is 34.1 Å². The fourth-order valence-electron chi connectivity index (χ4n) is 0.898. The van der Waals surface area contributed by atoms with Crippen molar-refractivity contribution < 1.29 is 9.31 Å². The molecule has 0 aromatic rings. The van der Waals surface area contributed by atoms with Gasteiger partial charge in [0.15, 0.2) is 0 Å². The zero-order valence-corrected chi connectivity index (χ0v) is 8.09. The topological polar surface area (TPSA) is 18.5 Å². The Labute approximate surface area is 70.4 Å². The molecule has 66 valence electrons. The molecule has 2 nitrogen and oxygen atoms in total. The molecule has 0 aromatic carbocycles. The summed E-state index contributed by atoms with van der Waals surface area (Å²) < 4.78 is 10.8. The summed E-state index contributed by atoms with van der Waals surface area (Å²) >= 11 is 0. The van der Waals surface area contributed by atoms with Crippen LogP contribution in [-0.4, -0.2) is 20.3 Å². The van der Waals surface area contributed by atoms with Crippen molar-refractivity contribution in [3.63, 3.8) is 0 Å². The molecule has 0 saturated carbocycles. The molecule has 0 heterocycles. The van der Waals surface area contributed by atoms with E-state index in [-0.39, 0.29) is 7.12 Å². The number of hydrogen-bond acceptors (Lipinski definition) is 2. The summed E-state index contributed by atoms with van der Waals surface area (Å²) in [7, 11) is -0.00463. The second-order valence-electron chi connectivity index (χ2n) is 2.66. The van der Waals surface area contributed by atoms with Gasteiger partial charge < -0.3 is 9.31 Å². The first-order chi connectivity index (χ1) is 5.26. The number of hydrogen-bond donors (Lipinski definition) is 0. The SMILES string of the molecule is CCOB(OCC)C(C)CC. The molecule has 0 N–H and O–H groups in total. The lowest BCUT2D eigenvalue weighted by atomic mass is 9.71. The lowest BCUT2D eigenvalue weighted by Crippen LogP contribution is -2.27. The van der Waals surface area contributed by atoms with Crippen molar-refractivity contribution in [2.24, 2.45) is 0 Å². The highest BCUT2D eigenvalue weighted by Crippen LogP contribution is 2.15. The lowest BCUT2D eigenvalue weighted by molar-refractivity contribution is 0.204. The maximum atomic E-state index is 5.41. The van der Waals surface area contributed by atoms with Crippen LogP contribution in [0, 0.1) is 0 Å². The molecule has 0 saturated heterocycles. The third-order valence-corrected chi connectivity index (χ3v) is 1.77. The zero-order valence-electron chi connectivity index (χ0n) is 8.09. The van der Waals surface area contributed by atoms with Gasteiger partial charge in [-0.1, -0.05) is 20.3 Å². The Morgan fingerprint density at radius 1 is 1.09 bits per heavy atom. The van der Waals surface area contributed by atoms with Gasteiger partial charge in [0.25, 0.3) is 0 Å². The lowest BCUT2D eigenvalue weighted by Gasteiger charge is -2.17. The quantitative estimate of drug-likeness (QED) is 0.552. The standard InChI is InChI=1S/C8H19BO2/c1-5-8(4)9(10-6-2)11-7-3/h8H,5-7H2,1-4H3. The van der Waals surface area contributed by atoms with Crippen LogP contribution in [0.15, 0.2) is 0 Å². The highest BCUT2D eigenvalue weighted by atomic mass is 16.6. The molecular weight excluding hydrogens is 139 g/mol. The molecule has 0 aliphatic heterocycles. The average molecular weight is 158 g/mol. The second-order valence-corrected chi connectivity index (χ2v) is 2.66. The Balaban J connectivity index is 3.66. The maximum absolute atomic E-state index is 5.41. The van der Waals surface area contributed by atoms with Crippen LogP contribution in [-0.2, 0) is 9.31 Å². The van der Waals surface area contributed by atoms with Crippen molar-refractivity contribution in [1.29, 1.82) is 0 Å². The number of rotatable bonds is 6. The molecule has 0 spiro atoms. The van der Waals surface area contributed by atoms with Crippen molar-refractivity contribution in [3.05, 3.63) is 0 Å². The van der Waals surface area contributed by atoms with E-state index in [0.717, 1.165) is 19.6 Å². The van der Waals surface area contributed by atoms with E-state index in [4.69, 9.17) is 9.31 Å². The van der Waals surface area contributed by atoms with E-state index >= 15 is 0 Å². The normalized spacial score (nSPS) is 13.1. The minimum Gasteiger partial charge on any atom is -0.411 e. The molecule has 3 heteroatoms. The minimum absolute atomic E-state index is 0.00463. The molecule has 0 bridgehead atoms. The van der Waals surface area contributed by atoms with Crippen LogP contribution in [0.25, 0.3) is 0 Å². The fourth-order valence-corrected chi connectivity index (χ4v) is 0.898. The molecule has 1 unspecified atom stereocenters. The van der Waals surface area contributed by atoms with Crippen LogP contribution >= 0.6 is 0 Å². The summed E-state index contributed by atoms with van der Waals surface area (Å²) in [5, 5.41) is 0. The van der Waals surface area contributed by atoms with Gasteiger partial charge in [0.1, 0.15) is 0 Å². The van der Waals surface area contributed by atoms with E-state index in [9.17, 15) is 0 Å². The fraction of sp³-hybridized carbons (Fsp3) is 1.00. The highest BCUT2D eigenvalue weighted by molar-refractivity contribution is 6.46. The molecule has 0 amide bonds. The Hall–Kier alpha value is -0.0151. The third kappa shape index (κ3) is 4.43. The van der Waals surface area contributed by atoms with Crippen molar-refractivity contribution in [2.45, 2.75) is 39.9 Å². The molecule has 11 heavy (non-hydrogen) atoms. The van der Waals surface area contributed by atoms with E-state index in [1.165, 1.54) is 0 Å². The Kier molecular flexibility index (Phi) is 6.67. The van der Waals surface area contributed by atoms with Crippen LogP contribution in [0.2, 0.25) is 5.82 Å². The van der Waals surface area contributed by atoms with Crippen molar-refractivity contribution >= 4 is 7.12 Å². The van der Waals surface area contributed by atoms with E-state index in [0.29, 0.717) is 5.82 Å². The first-order valence-corrected chi connectivity index (χ1v) is 4.49. The molecule has 1 atom stereocenters. The molecule has 0 radical (unpaired) electrons. The Bertz CT molecular complexity index is 82.2. The van der Waals surface area contributed by atoms with Gasteiger partial charge in [0.05, 0.1) is 0 Å². The smallest absolute Gasteiger partial charge is 0.411 e. The van der Waals surface area contributed by atoms with Crippen molar-refractivity contribution in [3.8, 4) is 0 Å². The van der Waals surface area contributed by atoms with E-state index in [1.54, 1.807) is 0 Å². The second kappa shape index (κ2) is 6.68. The van der Waals surface area contributed by atoms with Crippen LogP contribution < -0.4 is 0 Å².